The zero-order chi connectivity index (χ0) is 12.5. The minimum atomic E-state index is 0.808. The van der Waals surface area contributed by atoms with Crippen LogP contribution in [0.25, 0.3) is 0 Å². The van der Waals surface area contributed by atoms with Crippen LogP contribution in [0.1, 0.15) is 52.4 Å². The Kier molecular flexibility index (Phi) is 7.06. The number of guanidine groups is 1. The smallest absolute Gasteiger partial charge is 0.193 e. The summed E-state index contributed by atoms with van der Waals surface area (Å²) in [6.07, 6.45) is 7.91. The number of hydrogen-bond acceptors (Lipinski definition) is 1. The third kappa shape index (κ3) is 5.42. The van der Waals surface area contributed by atoms with E-state index in [-0.39, 0.29) is 0 Å². The summed E-state index contributed by atoms with van der Waals surface area (Å²) in [4.78, 5) is 6.81. The second-order valence-electron chi connectivity index (χ2n) is 5.23. The highest BCUT2D eigenvalue weighted by molar-refractivity contribution is 5.79. The molecule has 1 unspecified atom stereocenters. The van der Waals surface area contributed by atoms with Crippen LogP contribution in [-0.2, 0) is 0 Å². The van der Waals surface area contributed by atoms with Crippen molar-refractivity contribution in [1.29, 1.82) is 0 Å². The summed E-state index contributed by atoms with van der Waals surface area (Å²) < 4.78 is 0. The maximum absolute atomic E-state index is 4.40. The lowest BCUT2D eigenvalue weighted by molar-refractivity contribution is 0.266. The largest absolute Gasteiger partial charge is 0.356 e. The van der Waals surface area contributed by atoms with Gasteiger partial charge in [-0.1, -0.05) is 33.1 Å². The van der Waals surface area contributed by atoms with Gasteiger partial charge >= 0.3 is 0 Å². The monoisotopic (exact) mass is 239 g/mol. The molecule has 1 heterocycles. The van der Waals surface area contributed by atoms with Crippen LogP contribution < -0.4 is 5.32 Å². The first-order valence-electron chi connectivity index (χ1n) is 7.23. The molecule has 0 aliphatic carbocycles. The first-order chi connectivity index (χ1) is 8.27. The fourth-order valence-electron chi connectivity index (χ4n) is 2.47. The third-order valence-corrected chi connectivity index (χ3v) is 3.48. The molecular formula is C14H29N3. The number of aliphatic imine (C=N–C) groups is 1. The molecule has 0 aromatic rings. The van der Waals surface area contributed by atoms with Gasteiger partial charge in [0.1, 0.15) is 0 Å². The molecule has 3 nitrogen and oxygen atoms in total. The zero-order valence-electron chi connectivity index (χ0n) is 11.8. The summed E-state index contributed by atoms with van der Waals surface area (Å²) >= 11 is 0. The molecule has 3 heteroatoms. The van der Waals surface area contributed by atoms with Gasteiger partial charge in [0.15, 0.2) is 5.96 Å². The van der Waals surface area contributed by atoms with Crippen molar-refractivity contribution in [2.24, 2.45) is 10.9 Å². The molecule has 0 aromatic heterocycles. The van der Waals surface area contributed by atoms with E-state index in [1.807, 2.05) is 7.05 Å². The number of unbranched alkanes of at least 4 members (excludes halogenated alkanes) is 3. The fraction of sp³-hybridized carbons (Fsp3) is 0.929. The quantitative estimate of drug-likeness (QED) is 0.454. The average Bonchev–Trinajstić information content (AvgIpc) is 2.34. The molecular weight excluding hydrogens is 210 g/mol. The molecule has 1 aliphatic rings. The van der Waals surface area contributed by atoms with Crippen molar-refractivity contribution in [3.63, 3.8) is 0 Å². The van der Waals surface area contributed by atoms with E-state index >= 15 is 0 Å². The van der Waals surface area contributed by atoms with Crippen LogP contribution in [0.15, 0.2) is 4.99 Å². The lowest BCUT2D eigenvalue weighted by Crippen LogP contribution is -2.46. The molecule has 0 spiro atoms. The van der Waals surface area contributed by atoms with Crippen molar-refractivity contribution in [2.45, 2.75) is 52.4 Å². The number of rotatable bonds is 5. The Morgan fingerprint density at radius 2 is 2.18 bits per heavy atom. The summed E-state index contributed by atoms with van der Waals surface area (Å²) in [7, 11) is 1.90. The van der Waals surface area contributed by atoms with Gasteiger partial charge in [-0.15, -0.1) is 0 Å². The second kappa shape index (κ2) is 8.37. The third-order valence-electron chi connectivity index (χ3n) is 3.48. The van der Waals surface area contributed by atoms with Gasteiger partial charge in [-0.2, -0.15) is 0 Å². The van der Waals surface area contributed by atoms with Crippen LogP contribution in [0.4, 0.5) is 0 Å². The van der Waals surface area contributed by atoms with Gasteiger partial charge < -0.3 is 10.2 Å². The van der Waals surface area contributed by atoms with E-state index in [0.29, 0.717) is 0 Å². The SMILES string of the molecule is CCCCCCNC(=NC)N1CCCC(C)C1. The van der Waals surface area contributed by atoms with E-state index in [4.69, 9.17) is 0 Å². The predicted molar refractivity (Wildman–Crippen MR) is 75.5 cm³/mol. The molecule has 100 valence electrons. The second-order valence-corrected chi connectivity index (χ2v) is 5.23. The van der Waals surface area contributed by atoms with Crippen LogP contribution in [0.3, 0.4) is 0 Å². The summed E-state index contributed by atoms with van der Waals surface area (Å²) in [5.41, 5.74) is 0. The van der Waals surface area contributed by atoms with E-state index in [2.05, 4.69) is 29.1 Å². The number of nitrogens with zero attached hydrogens (tertiary/aromatic N) is 2. The van der Waals surface area contributed by atoms with Crippen LogP contribution in [0.5, 0.6) is 0 Å². The number of hydrogen-bond donors (Lipinski definition) is 1. The fourth-order valence-corrected chi connectivity index (χ4v) is 2.47. The van der Waals surface area contributed by atoms with Crippen molar-refractivity contribution in [3.05, 3.63) is 0 Å². The van der Waals surface area contributed by atoms with Crippen molar-refractivity contribution >= 4 is 5.96 Å². The van der Waals surface area contributed by atoms with Gasteiger partial charge in [-0.05, 0) is 25.2 Å². The van der Waals surface area contributed by atoms with E-state index < -0.39 is 0 Å². The minimum absolute atomic E-state index is 0.808. The number of nitrogens with one attached hydrogen (secondary N) is 1. The molecule has 1 atom stereocenters. The Hall–Kier alpha value is -0.730. The van der Waals surface area contributed by atoms with Gasteiger partial charge in [-0.25, -0.2) is 0 Å². The Morgan fingerprint density at radius 3 is 2.82 bits per heavy atom. The highest BCUT2D eigenvalue weighted by Crippen LogP contribution is 2.15. The highest BCUT2D eigenvalue weighted by atomic mass is 15.3. The first-order valence-corrected chi connectivity index (χ1v) is 7.23. The summed E-state index contributed by atoms with van der Waals surface area (Å²) in [6, 6.07) is 0. The first kappa shape index (κ1) is 14.3. The molecule has 0 saturated carbocycles. The number of likely N-dealkylation sites (tertiary alicyclic amines) is 1. The van der Waals surface area contributed by atoms with E-state index in [0.717, 1.165) is 25.0 Å². The van der Waals surface area contributed by atoms with Crippen LogP contribution in [-0.4, -0.2) is 37.5 Å². The molecule has 1 fully saturated rings. The molecule has 1 rings (SSSR count). The van der Waals surface area contributed by atoms with E-state index in [1.165, 1.54) is 45.1 Å². The Bertz CT molecular complexity index is 226. The van der Waals surface area contributed by atoms with E-state index in [9.17, 15) is 0 Å². The Labute approximate surface area is 107 Å². The molecule has 0 amide bonds. The maximum Gasteiger partial charge on any atom is 0.193 e. The van der Waals surface area contributed by atoms with Crippen molar-refractivity contribution < 1.29 is 0 Å². The highest BCUT2D eigenvalue weighted by Gasteiger charge is 2.18. The van der Waals surface area contributed by atoms with E-state index in [1.54, 1.807) is 0 Å². The molecule has 0 aromatic carbocycles. The summed E-state index contributed by atoms with van der Waals surface area (Å²) in [5.74, 6) is 1.91. The van der Waals surface area contributed by atoms with Gasteiger partial charge in [-0.3, -0.25) is 4.99 Å². The Morgan fingerprint density at radius 1 is 1.35 bits per heavy atom. The lowest BCUT2D eigenvalue weighted by Gasteiger charge is -2.33. The number of piperidine rings is 1. The lowest BCUT2D eigenvalue weighted by atomic mass is 10.0. The van der Waals surface area contributed by atoms with Crippen molar-refractivity contribution in [2.75, 3.05) is 26.7 Å². The van der Waals surface area contributed by atoms with Crippen LogP contribution in [0, 0.1) is 5.92 Å². The van der Waals surface area contributed by atoms with Gasteiger partial charge in [0.05, 0.1) is 0 Å². The molecule has 1 saturated heterocycles. The van der Waals surface area contributed by atoms with Gasteiger partial charge in [0.25, 0.3) is 0 Å². The summed E-state index contributed by atoms with van der Waals surface area (Å²) in [5, 5.41) is 3.49. The predicted octanol–water partition coefficient (Wildman–Crippen LogP) is 2.87. The van der Waals surface area contributed by atoms with Crippen LogP contribution >= 0.6 is 0 Å². The van der Waals surface area contributed by atoms with Crippen molar-refractivity contribution in [1.82, 2.24) is 10.2 Å². The van der Waals surface area contributed by atoms with Gasteiger partial charge in [0, 0.05) is 26.7 Å². The molecule has 0 radical (unpaired) electrons. The minimum Gasteiger partial charge on any atom is -0.356 e. The topological polar surface area (TPSA) is 27.6 Å². The average molecular weight is 239 g/mol. The molecule has 17 heavy (non-hydrogen) atoms. The zero-order valence-corrected chi connectivity index (χ0v) is 11.8. The standard InChI is InChI=1S/C14H29N3/c1-4-5-6-7-10-16-14(15-3)17-11-8-9-13(2)12-17/h13H,4-12H2,1-3H3,(H,15,16). The summed E-state index contributed by atoms with van der Waals surface area (Å²) in [6.45, 7) is 7.98. The molecule has 1 aliphatic heterocycles. The van der Waals surface area contributed by atoms with Gasteiger partial charge in [0.2, 0.25) is 0 Å². The Balaban J connectivity index is 2.23. The maximum atomic E-state index is 4.40. The normalized spacial score (nSPS) is 21.7. The van der Waals surface area contributed by atoms with Crippen LogP contribution in [0.2, 0.25) is 0 Å². The molecule has 0 bridgehead atoms. The molecule has 1 N–H and O–H groups in total. The van der Waals surface area contributed by atoms with Crippen molar-refractivity contribution in [3.8, 4) is 0 Å².